The summed E-state index contributed by atoms with van der Waals surface area (Å²) in [4.78, 5) is 0. The van der Waals surface area contributed by atoms with Gasteiger partial charge in [0.25, 0.3) is 0 Å². The average Bonchev–Trinajstić information content (AvgIpc) is 3.12. The highest BCUT2D eigenvalue weighted by Crippen LogP contribution is 2.55. The number of hydrogen-bond donors (Lipinski definition) is 0. The summed E-state index contributed by atoms with van der Waals surface area (Å²) < 4.78 is 0. The Morgan fingerprint density at radius 3 is 1.71 bits per heavy atom. The van der Waals surface area contributed by atoms with Gasteiger partial charge in [0.1, 0.15) is 0 Å². The Morgan fingerprint density at radius 2 is 1.24 bits per heavy atom. The van der Waals surface area contributed by atoms with E-state index < -0.39 is 8.07 Å². The van der Waals surface area contributed by atoms with Crippen molar-refractivity contribution < 1.29 is 0 Å². The second-order valence-electron chi connectivity index (χ2n) is 7.45. The molecule has 108 valence electrons. The van der Waals surface area contributed by atoms with E-state index in [0.717, 1.165) is 11.1 Å². The normalized spacial score (nSPS) is 36.5. The van der Waals surface area contributed by atoms with Crippen LogP contribution in [-0.2, 0) is 0 Å². The van der Waals surface area contributed by atoms with Crippen LogP contribution in [0.4, 0.5) is 0 Å². The first-order chi connectivity index (χ1) is 10.2. The number of hydrogen-bond acceptors (Lipinski definition) is 0. The summed E-state index contributed by atoms with van der Waals surface area (Å²) in [6.45, 7) is 5.29. The monoisotopic (exact) mass is 292 g/mol. The lowest BCUT2D eigenvalue weighted by Gasteiger charge is -2.42. The van der Waals surface area contributed by atoms with Gasteiger partial charge in [0, 0.05) is 11.8 Å². The van der Waals surface area contributed by atoms with E-state index >= 15 is 0 Å². The predicted molar refractivity (Wildman–Crippen MR) is 93.9 cm³/mol. The molecule has 0 aromatic rings. The van der Waals surface area contributed by atoms with Crippen molar-refractivity contribution in [2.45, 2.75) is 37.0 Å². The number of allylic oxidation sites excluding steroid dienone is 12. The zero-order valence-corrected chi connectivity index (χ0v) is 14.0. The van der Waals surface area contributed by atoms with Crippen LogP contribution in [0, 0.1) is 11.8 Å². The van der Waals surface area contributed by atoms with Crippen molar-refractivity contribution in [2.24, 2.45) is 11.8 Å². The van der Waals surface area contributed by atoms with Gasteiger partial charge in [0.05, 0.1) is 8.07 Å². The van der Waals surface area contributed by atoms with Crippen molar-refractivity contribution in [3.63, 3.8) is 0 Å². The average molecular weight is 292 g/mol. The van der Waals surface area contributed by atoms with E-state index in [-0.39, 0.29) is 0 Å². The maximum absolute atomic E-state index is 2.65. The molecule has 4 rings (SSSR count). The molecule has 0 aromatic heterocycles. The van der Waals surface area contributed by atoms with Gasteiger partial charge >= 0.3 is 0 Å². The van der Waals surface area contributed by atoms with Crippen molar-refractivity contribution >= 4 is 8.07 Å². The maximum atomic E-state index is 2.65. The van der Waals surface area contributed by atoms with Crippen molar-refractivity contribution in [2.75, 3.05) is 0 Å². The molecule has 4 atom stereocenters. The van der Waals surface area contributed by atoms with Gasteiger partial charge in [-0.25, -0.2) is 0 Å². The summed E-state index contributed by atoms with van der Waals surface area (Å²) in [7, 11) is -1.33. The van der Waals surface area contributed by atoms with E-state index in [2.05, 4.69) is 73.9 Å². The zero-order chi connectivity index (χ0) is 14.4. The van der Waals surface area contributed by atoms with Crippen LogP contribution < -0.4 is 0 Å². The fraction of sp³-hybridized carbons (Fsp3) is 0.400. The highest BCUT2D eigenvalue weighted by Gasteiger charge is 2.48. The molecule has 1 heteroatoms. The third kappa shape index (κ3) is 2.02. The molecular formula is C20H24Si. The van der Waals surface area contributed by atoms with Crippen LogP contribution in [-0.4, -0.2) is 8.07 Å². The Bertz CT molecular complexity index is 570. The second kappa shape index (κ2) is 4.84. The number of rotatable bonds is 2. The molecule has 0 amide bonds. The Hall–Kier alpha value is -1.34. The van der Waals surface area contributed by atoms with E-state index in [1.807, 2.05) is 0 Å². The van der Waals surface area contributed by atoms with Gasteiger partial charge in [-0.05, 0) is 35.1 Å². The van der Waals surface area contributed by atoms with E-state index in [4.69, 9.17) is 0 Å². The van der Waals surface area contributed by atoms with Crippen LogP contribution in [0.1, 0.15) is 12.8 Å². The molecule has 0 heterocycles. The van der Waals surface area contributed by atoms with Gasteiger partial charge in [-0.3, -0.25) is 0 Å². The largest absolute Gasteiger partial charge is 0.0807 e. The van der Waals surface area contributed by atoms with Crippen LogP contribution in [0.5, 0.6) is 0 Å². The first kappa shape index (κ1) is 13.3. The molecule has 0 radical (unpaired) electrons. The molecule has 0 saturated carbocycles. The molecule has 0 spiro atoms. The molecule has 0 aromatic carbocycles. The molecule has 0 fully saturated rings. The molecule has 21 heavy (non-hydrogen) atoms. The third-order valence-electron chi connectivity index (χ3n) is 6.20. The summed E-state index contributed by atoms with van der Waals surface area (Å²) in [5.74, 6) is 1.40. The Balaban J connectivity index is 1.60. The fourth-order valence-electron chi connectivity index (χ4n) is 4.91. The molecule has 0 saturated heterocycles. The van der Waals surface area contributed by atoms with Crippen LogP contribution in [0.3, 0.4) is 0 Å². The van der Waals surface area contributed by atoms with Gasteiger partial charge in [-0.1, -0.05) is 73.9 Å². The fourth-order valence-corrected chi connectivity index (χ4v) is 9.37. The first-order valence-electron chi connectivity index (χ1n) is 8.28. The van der Waals surface area contributed by atoms with Gasteiger partial charge in [-0.15, -0.1) is 0 Å². The molecular weight excluding hydrogens is 268 g/mol. The van der Waals surface area contributed by atoms with Crippen LogP contribution in [0.15, 0.2) is 71.9 Å². The predicted octanol–water partition coefficient (Wildman–Crippen LogP) is 5.58. The van der Waals surface area contributed by atoms with Crippen LogP contribution in [0.25, 0.3) is 0 Å². The summed E-state index contributed by atoms with van der Waals surface area (Å²) >= 11 is 0. The minimum atomic E-state index is -1.33. The van der Waals surface area contributed by atoms with E-state index in [9.17, 15) is 0 Å². The summed E-state index contributed by atoms with van der Waals surface area (Å²) in [5.41, 5.74) is 4.91. The molecule has 4 aliphatic rings. The molecule has 0 bridgehead atoms. The molecule has 0 nitrogen and oxygen atoms in total. The van der Waals surface area contributed by atoms with Gasteiger partial charge in [-0.2, -0.15) is 0 Å². The Morgan fingerprint density at radius 1 is 0.762 bits per heavy atom. The summed E-state index contributed by atoms with van der Waals surface area (Å²) in [6, 6.07) is 0. The third-order valence-corrected chi connectivity index (χ3v) is 11.2. The highest BCUT2D eigenvalue weighted by molar-refractivity contribution is 6.80. The van der Waals surface area contributed by atoms with Crippen molar-refractivity contribution in [3.8, 4) is 0 Å². The highest BCUT2D eigenvalue weighted by atomic mass is 28.3. The Kier molecular flexibility index (Phi) is 3.07. The van der Waals surface area contributed by atoms with Gasteiger partial charge in [0.2, 0.25) is 0 Å². The SMILES string of the molecule is C[Si](C)(C1CC=C2C=CC=CC21)C1CC=C2C=CC=CC21. The van der Waals surface area contributed by atoms with E-state index in [0.29, 0.717) is 11.8 Å². The minimum absolute atomic E-state index is 0.698. The molecule has 4 aliphatic carbocycles. The maximum Gasteiger partial charge on any atom is 0.0560 e. The molecule has 0 N–H and O–H groups in total. The van der Waals surface area contributed by atoms with E-state index in [1.165, 1.54) is 12.8 Å². The lowest BCUT2D eigenvalue weighted by atomic mass is 9.96. The smallest absolute Gasteiger partial charge is 0.0560 e. The quantitative estimate of drug-likeness (QED) is 0.583. The van der Waals surface area contributed by atoms with Gasteiger partial charge in [0.15, 0.2) is 0 Å². The Labute approximate surface area is 129 Å². The standard InChI is InChI=1S/C20H24Si/c1-21(2,19-13-11-15-7-3-5-9-17(15)19)20-14-12-16-8-4-6-10-18(16)20/h3-12,17-20H,13-14H2,1-2H3. The lowest BCUT2D eigenvalue weighted by molar-refractivity contribution is 0.646. The minimum Gasteiger partial charge on any atom is -0.0807 e. The molecule has 0 aliphatic heterocycles. The van der Waals surface area contributed by atoms with Crippen molar-refractivity contribution in [1.82, 2.24) is 0 Å². The van der Waals surface area contributed by atoms with Crippen molar-refractivity contribution in [1.29, 1.82) is 0 Å². The van der Waals surface area contributed by atoms with Gasteiger partial charge < -0.3 is 0 Å². The second-order valence-corrected chi connectivity index (χ2v) is 12.6. The number of fused-ring (bicyclic) bond motifs is 2. The lowest BCUT2D eigenvalue weighted by Crippen LogP contribution is -2.42. The summed E-state index contributed by atoms with van der Waals surface area (Å²) in [6.07, 6.45) is 26.1. The zero-order valence-electron chi connectivity index (χ0n) is 13.0. The van der Waals surface area contributed by atoms with E-state index in [1.54, 1.807) is 11.1 Å². The van der Waals surface area contributed by atoms with Crippen LogP contribution in [0.2, 0.25) is 24.2 Å². The van der Waals surface area contributed by atoms with Crippen LogP contribution >= 0.6 is 0 Å². The van der Waals surface area contributed by atoms with Crippen molar-refractivity contribution in [3.05, 3.63) is 71.9 Å². The first-order valence-corrected chi connectivity index (χ1v) is 11.4. The molecule has 4 unspecified atom stereocenters. The summed E-state index contributed by atoms with van der Waals surface area (Å²) in [5, 5.41) is 0. The topological polar surface area (TPSA) is 0 Å².